The highest BCUT2D eigenvalue weighted by molar-refractivity contribution is 5.94. The monoisotopic (exact) mass is 494 g/mol. The summed E-state index contributed by atoms with van der Waals surface area (Å²) in [6, 6.07) is 19.4. The number of carbonyl (C=O) groups excluding carboxylic acids is 1. The molecule has 0 atom stereocenters. The number of rotatable bonds is 6. The van der Waals surface area contributed by atoms with Crippen LogP contribution >= 0.6 is 0 Å². The number of hydrogen-bond donors (Lipinski definition) is 1. The van der Waals surface area contributed by atoms with Gasteiger partial charge in [0.25, 0.3) is 5.91 Å². The highest BCUT2D eigenvalue weighted by atomic mass is 16.5. The molecule has 9 heteroatoms. The second-order valence-corrected chi connectivity index (χ2v) is 8.93. The van der Waals surface area contributed by atoms with Gasteiger partial charge in [0.1, 0.15) is 23.0 Å². The molecule has 1 aliphatic heterocycles. The minimum atomic E-state index is -0.139. The van der Waals surface area contributed by atoms with Crippen LogP contribution in [-0.4, -0.2) is 49.6 Å². The largest absolute Gasteiger partial charge is 0.497 e. The topological polar surface area (TPSA) is 90.2 Å². The van der Waals surface area contributed by atoms with Crippen LogP contribution in [0.1, 0.15) is 27.3 Å². The molecule has 6 rings (SSSR count). The lowest BCUT2D eigenvalue weighted by atomic mass is 10.1. The molecule has 9 nitrogen and oxygen atoms in total. The molecule has 0 unspecified atom stereocenters. The third kappa shape index (κ3) is 3.85. The first-order chi connectivity index (χ1) is 18.1. The van der Waals surface area contributed by atoms with E-state index in [2.05, 4.69) is 33.8 Å². The van der Waals surface area contributed by atoms with E-state index in [1.807, 2.05) is 59.5 Å². The van der Waals surface area contributed by atoms with Crippen LogP contribution in [-0.2, 0) is 13.1 Å². The van der Waals surface area contributed by atoms with Gasteiger partial charge in [0.2, 0.25) is 0 Å². The number of hydrogen-bond acceptors (Lipinski definition) is 5. The van der Waals surface area contributed by atoms with E-state index in [0.29, 0.717) is 36.0 Å². The van der Waals surface area contributed by atoms with Gasteiger partial charge < -0.3 is 18.9 Å². The van der Waals surface area contributed by atoms with Gasteiger partial charge >= 0.3 is 0 Å². The van der Waals surface area contributed by atoms with Crippen molar-refractivity contribution in [1.29, 1.82) is 0 Å². The number of aryl methyl sites for hydroxylation is 1. The van der Waals surface area contributed by atoms with Gasteiger partial charge in [0.05, 0.1) is 44.4 Å². The molecule has 1 amide bonds. The predicted octanol–water partition coefficient (Wildman–Crippen LogP) is 4.53. The van der Waals surface area contributed by atoms with Crippen LogP contribution in [0.5, 0.6) is 11.5 Å². The summed E-state index contributed by atoms with van der Waals surface area (Å²) in [4.78, 5) is 15.3. The van der Waals surface area contributed by atoms with E-state index in [0.717, 1.165) is 33.9 Å². The Labute approximate surface area is 213 Å². The highest BCUT2D eigenvalue weighted by Crippen LogP contribution is 2.34. The number of methoxy groups -OCH3 is 2. The van der Waals surface area contributed by atoms with Crippen LogP contribution in [0.25, 0.3) is 22.8 Å². The number of carbonyl (C=O) groups is 1. The second kappa shape index (κ2) is 9.02. The zero-order chi connectivity index (χ0) is 25.5. The molecular formula is C28H26N6O3. The maximum absolute atomic E-state index is 13.5. The first-order valence-corrected chi connectivity index (χ1v) is 11.9. The summed E-state index contributed by atoms with van der Waals surface area (Å²) < 4.78 is 14.9. The van der Waals surface area contributed by atoms with Crippen LogP contribution in [0.3, 0.4) is 0 Å². The SMILES string of the molecule is COc1ccc(OC)c(-c2cc(C(=O)N3Cc4nn(-c5ccccc5C)c(-n5cccc5)c4C3)[nH]n2)c1. The molecule has 0 saturated carbocycles. The molecular weight excluding hydrogens is 468 g/mol. The van der Waals surface area contributed by atoms with Crippen LogP contribution in [0.4, 0.5) is 0 Å². The maximum Gasteiger partial charge on any atom is 0.272 e. The average molecular weight is 495 g/mol. The quantitative estimate of drug-likeness (QED) is 0.375. The van der Waals surface area contributed by atoms with E-state index >= 15 is 0 Å². The molecule has 0 saturated heterocycles. The molecule has 0 spiro atoms. The Balaban J connectivity index is 1.32. The number of ether oxygens (including phenoxy) is 2. The van der Waals surface area contributed by atoms with E-state index < -0.39 is 0 Å². The third-order valence-electron chi connectivity index (χ3n) is 6.70. The normalized spacial score (nSPS) is 12.6. The van der Waals surface area contributed by atoms with Crippen LogP contribution in [0.2, 0.25) is 0 Å². The van der Waals surface area contributed by atoms with Gasteiger partial charge in [0.15, 0.2) is 0 Å². The number of nitrogens with one attached hydrogen (secondary N) is 1. The minimum Gasteiger partial charge on any atom is -0.497 e. The summed E-state index contributed by atoms with van der Waals surface area (Å²) >= 11 is 0. The lowest BCUT2D eigenvalue weighted by Gasteiger charge is -2.17. The smallest absolute Gasteiger partial charge is 0.272 e. The highest BCUT2D eigenvalue weighted by Gasteiger charge is 2.33. The first-order valence-electron chi connectivity index (χ1n) is 11.9. The van der Waals surface area contributed by atoms with Crippen molar-refractivity contribution in [2.45, 2.75) is 20.0 Å². The van der Waals surface area contributed by atoms with Gasteiger partial charge in [-0.3, -0.25) is 9.89 Å². The molecule has 0 aliphatic carbocycles. The summed E-state index contributed by atoms with van der Waals surface area (Å²) in [5.41, 5.74) is 5.81. The summed E-state index contributed by atoms with van der Waals surface area (Å²) in [6.07, 6.45) is 4.00. The zero-order valence-electron chi connectivity index (χ0n) is 20.8. The fourth-order valence-electron chi connectivity index (χ4n) is 4.81. The summed E-state index contributed by atoms with van der Waals surface area (Å²) in [6.45, 7) is 2.94. The number of aromatic amines is 1. The van der Waals surface area contributed by atoms with Gasteiger partial charge in [-0.25, -0.2) is 4.68 Å². The van der Waals surface area contributed by atoms with Gasteiger partial charge in [-0.1, -0.05) is 18.2 Å². The van der Waals surface area contributed by atoms with E-state index in [-0.39, 0.29) is 5.91 Å². The fraction of sp³-hybridized carbons (Fsp3) is 0.179. The third-order valence-corrected chi connectivity index (χ3v) is 6.70. The van der Waals surface area contributed by atoms with Crippen molar-refractivity contribution in [3.8, 4) is 34.3 Å². The Bertz CT molecular complexity index is 1600. The van der Waals surface area contributed by atoms with Crippen molar-refractivity contribution in [3.05, 3.63) is 95.6 Å². The molecule has 5 aromatic rings. The molecule has 0 radical (unpaired) electrons. The zero-order valence-corrected chi connectivity index (χ0v) is 20.8. The average Bonchev–Trinajstić information content (AvgIpc) is 3.72. The van der Waals surface area contributed by atoms with E-state index in [9.17, 15) is 4.79 Å². The Morgan fingerprint density at radius 3 is 2.54 bits per heavy atom. The lowest BCUT2D eigenvalue weighted by Crippen LogP contribution is -2.26. The summed E-state index contributed by atoms with van der Waals surface area (Å²) in [5.74, 6) is 2.13. The number of H-pyrrole nitrogens is 1. The number of amides is 1. The Morgan fingerprint density at radius 1 is 0.973 bits per heavy atom. The van der Waals surface area contributed by atoms with Crippen LogP contribution < -0.4 is 9.47 Å². The molecule has 2 aromatic carbocycles. The second-order valence-electron chi connectivity index (χ2n) is 8.93. The van der Waals surface area contributed by atoms with Crippen LogP contribution in [0.15, 0.2) is 73.1 Å². The molecule has 4 heterocycles. The number of benzene rings is 2. The van der Waals surface area contributed by atoms with Gasteiger partial charge in [-0.15, -0.1) is 0 Å². The van der Waals surface area contributed by atoms with Crippen molar-refractivity contribution >= 4 is 5.91 Å². The number of para-hydroxylation sites is 1. The van der Waals surface area contributed by atoms with E-state index in [4.69, 9.17) is 14.6 Å². The molecule has 186 valence electrons. The Hall–Kier alpha value is -4.79. The number of aromatic nitrogens is 5. The molecule has 1 N–H and O–H groups in total. The molecule has 0 fully saturated rings. The Kier molecular flexibility index (Phi) is 5.52. The van der Waals surface area contributed by atoms with Crippen molar-refractivity contribution in [3.63, 3.8) is 0 Å². The standard InChI is InChI=1S/C28H26N6O3/c1-18-8-4-5-9-25(18)34-27(32-12-6-7-13-32)21-16-33(17-24(21)31-34)28(35)23-15-22(29-30-23)20-14-19(36-2)10-11-26(20)37-3/h4-15H,16-17H2,1-3H3,(H,29,30). The summed E-state index contributed by atoms with van der Waals surface area (Å²) in [5, 5.41) is 12.2. The molecule has 3 aromatic heterocycles. The van der Waals surface area contributed by atoms with E-state index in [1.165, 1.54) is 0 Å². The molecule has 37 heavy (non-hydrogen) atoms. The lowest BCUT2D eigenvalue weighted by molar-refractivity contribution is 0.0743. The van der Waals surface area contributed by atoms with E-state index in [1.54, 1.807) is 25.2 Å². The van der Waals surface area contributed by atoms with Crippen molar-refractivity contribution < 1.29 is 14.3 Å². The fourth-order valence-corrected chi connectivity index (χ4v) is 4.81. The van der Waals surface area contributed by atoms with Gasteiger partial charge in [-0.2, -0.15) is 10.2 Å². The predicted molar refractivity (Wildman–Crippen MR) is 138 cm³/mol. The first kappa shape index (κ1) is 22.7. The van der Waals surface area contributed by atoms with Crippen molar-refractivity contribution in [1.82, 2.24) is 29.4 Å². The number of fused-ring (bicyclic) bond motifs is 1. The maximum atomic E-state index is 13.5. The van der Waals surface area contributed by atoms with Gasteiger partial charge in [0, 0.05) is 23.5 Å². The van der Waals surface area contributed by atoms with Crippen LogP contribution in [0, 0.1) is 6.92 Å². The summed E-state index contributed by atoms with van der Waals surface area (Å²) in [7, 11) is 3.21. The Morgan fingerprint density at radius 2 is 1.78 bits per heavy atom. The van der Waals surface area contributed by atoms with Crippen molar-refractivity contribution in [2.75, 3.05) is 14.2 Å². The van der Waals surface area contributed by atoms with Crippen molar-refractivity contribution in [2.24, 2.45) is 0 Å². The number of nitrogens with zero attached hydrogens (tertiary/aromatic N) is 5. The molecule has 1 aliphatic rings. The minimum absolute atomic E-state index is 0.139. The van der Waals surface area contributed by atoms with Gasteiger partial charge in [-0.05, 0) is 55.0 Å². The molecule has 0 bridgehead atoms.